The quantitative estimate of drug-likeness (QED) is 0.773. The summed E-state index contributed by atoms with van der Waals surface area (Å²) in [4.78, 5) is 0. The highest BCUT2D eigenvalue weighted by molar-refractivity contribution is 5.00. The molecule has 1 spiro atoms. The van der Waals surface area contributed by atoms with Gasteiger partial charge >= 0.3 is 0 Å². The summed E-state index contributed by atoms with van der Waals surface area (Å²) >= 11 is 0. The van der Waals surface area contributed by atoms with Crippen LogP contribution in [0, 0.1) is 5.41 Å². The van der Waals surface area contributed by atoms with Crippen molar-refractivity contribution in [3.05, 3.63) is 0 Å². The van der Waals surface area contributed by atoms with Gasteiger partial charge in [0, 0.05) is 18.1 Å². The van der Waals surface area contributed by atoms with Gasteiger partial charge in [-0.1, -0.05) is 26.7 Å². The van der Waals surface area contributed by atoms with Gasteiger partial charge in [0.05, 0.1) is 0 Å². The molecule has 2 aliphatic rings. The highest BCUT2D eigenvalue weighted by atomic mass is 15.0. The van der Waals surface area contributed by atoms with Gasteiger partial charge in [0.25, 0.3) is 0 Å². The van der Waals surface area contributed by atoms with Crippen LogP contribution in [-0.2, 0) is 0 Å². The van der Waals surface area contributed by atoms with E-state index in [1.165, 1.54) is 51.4 Å². The molecule has 0 aliphatic heterocycles. The minimum atomic E-state index is 0.252. The van der Waals surface area contributed by atoms with Crippen molar-refractivity contribution in [1.82, 2.24) is 5.32 Å². The molecule has 0 aromatic carbocycles. The van der Waals surface area contributed by atoms with Gasteiger partial charge in [0.2, 0.25) is 0 Å². The van der Waals surface area contributed by atoms with Gasteiger partial charge in [-0.25, -0.2) is 0 Å². The summed E-state index contributed by atoms with van der Waals surface area (Å²) in [6.45, 7) is 5.27. The fourth-order valence-electron chi connectivity index (χ4n) is 3.90. The number of rotatable bonds is 3. The highest BCUT2D eigenvalue weighted by Crippen LogP contribution is 2.51. The number of hydrogen-bond acceptors (Lipinski definition) is 2. The Morgan fingerprint density at radius 1 is 1.00 bits per heavy atom. The Hall–Kier alpha value is -0.0800. The second-order valence-corrected chi connectivity index (χ2v) is 6.49. The lowest BCUT2D eigenvalue weighted by molar-refractivity contribution is 0.109. The summed E-state index contributed by atoms with van der Waals surface area (Å²) in [6, 6.07) is 0.557. The van der Waals surface area contributed by atoms with Crippen molar-refractivity contribution in [2.24, 2.45) is 11.1 Å². The third kappa shape index (κ3) is 2.43. The van der Waals surface area contributed by atoms with Crippen molar-refractivity contribution < 1.29 is 0 Å². The number of nitrogens with one attached hydrogen (secondary N) is 1. The molecule has 0 atom stereocenters. The molecule has 0 radical (unpaired) electrons. The number of nitrogens with two attached hydrogens (primary N) is 1. The van der Waals surface area contributed by atoms with Crippen LogP contribution in [-0.4, -0.2) is 18.1 Å². The minimum absolute atomic E-state index is 0.252. The highest BCUT2D eigenvalue weighted by Gasteiger charge is 2.43. The summed E-state index contributed by atoms with van der Waals surface area (Å²) in [5.41, 5.74) is 6.98. The topological polar surface area (TPSA) is 38.0 Å². The van der Waals surface area contributed by atoms with E-state index in [-0.39, 0.29) is 5.54 Å². The smallest absolute Gasteiger partial charge is 0.0306 e. The van der Waals surface area contributed by atoms with E-state index in [9.17, 15) is 0 Å². The Kier molecular flexibility index (Phi) is 3.60. The van der Waals surface area contributed by atoms with Crippen molar-refractivity contribution >= 4 is 0 Å². The molecule has 0 unspecified atom stereocenters. The third-order valence-corrected chi connectivity index (χ3v) is 4.92. The standard InChI is InChI=1S/C14H28N2/c1-12(2)16-14(11-15)9-7-13(8-10-14)5-3-4-6-13/h12,16H,3-11,15H2,1-2H3. The SMILES string of the molecule is CC(C)NC1(CN)CCC2(CCCC2)CC1. The second kappa shape index (κ2) is 4.66. The van der Waals surface area contributed by atoms with Crippen molar-refractivity contribution in [1.29, 1.82) is 0 Å². The zero-order valence-electron chi connectivity index (χ0n) is 11.0. The molecule has 3 N–H and O–H groups in total. The van der Waals surface area contributed by atoms with Crippen LogP contribution >= 0.6 is 0 Å². The molecule has 0 heterocycles. The van der Waals surface area contributed by atoms with E-state index < -0.39 is 0 Å². The largest absolute Gasteiger partial charge is 0.329 e. The molecule has 16 heavy (non-hydrogen) atoms. The van der Waals surface area contributed by atoms with Crippen molar-refractivity contribution in [3.8, 4) is 0 Å². The van der Waals surface area contributed by atoms with Crippen molar-refractivity contribution in [3.63, 3.8) is 0 Å². The molecule has 0 bridgehead atoms. The van der Waals surface area contributed by atoms with Crippen LogP contribution in [0.4, 0.5) is 0 Å². The summed E-state index contributed by atoms with van der Waals surface area (Å²) in [5, 5.41) is 3.73. The Labute approximate surface area is 100 Å². The lowest BCUT2D eigenvalue weighted by atomic mass is 9.66. The Morgan fingerprint density at radius 3 is 2.00 bits per heavy atom. The first-order valence-corrected chi connectivity index (χ1v) is 7.08. The lowest BCUT2D eigenvalue weighted by Crippen LogP contribution is -2.56. The van der Waals surface area contributed by atoms with E-state index in [0.717, 1.165) is 12.0 Å². The summed E-state index contributed by atoms with van der Waals surface area (Å²) in [5.74, 6) is 0. The first kappa shape index (κ1) is 12.4. The van der Waals surface area contributed by atoms with Gasteiger partial charge < -0.3 is 11.1 Å². The average Bonchev–Trinajstić information content (AvgIpc) is 2.71. The molecule has 2 heteroatoms. The molecule has 0 amide bonds. The van der Waals surface area contributed by atoms with Gasteiger partial charge in [0.15, 0.2) is 0 Å². The van der Waals surface area contributed by atoms with E-state index in [0.29, 0.717) is 6.04 Å². The Morgan fingerprint density at radius 2 is 1.56 bits per heavy atom. The van der Waals surface area contributed by atoms with Crippen LogP contribution in [0.15, 0.2) is 0 Å². The minimum Gasteiger partial charge on any atom is -0.329 e. The van der Waals surface area contributed by atoms with Gasteiger partial charge in [-0.2, -0.15) is 0 Å². The summed E-state index contributed by atoms with van der Waals surface area (Å²) in [6.07, 6.45) is 11.3. The molecule has 0 saturated heterocycles. The summed E-state index contributed by atoms with van der Waals surface area (Å²) in [7, 11) is 0. The fraction of sp³-hybridized carbons (Fsp3) is 1.00. The van der Waals surface area contributed by atoms with Crippen LogP contribution in [0.5, 0.6) is 0 Å². The molecule has 2 rings (SSSR count). The van der Waals surface area contributed by atoms with E-state index in [4.69, 9.17) is 5.73 Å². The van der Waals surface area contributed by atoms with E-state index in [2.05, 4.69) is 19.2 Å². The molecule has 2 fully saturated rings. The zero-order valence-corrected chi connectivity index (χ0v) is 11.0. The second-order valence-electron chi connectivity index (χ2n) is 6.49. The zero-order chi connectivity index (χ0) is 11.6. The average molecular weight is 224 g/mol. The molecule has 0 aromatic heterocycles. The van der Waals surface area contributed by atoms with E-state index in [1.54, 1.807) is 0 Å². The lowest BCUT2D eigenvalue weighted by Gasteiger charge is -2.46. The normalized spacial score (nSPS) is 27.8. The maximum atomic E-state index is 6.01. The van der Waals surface area contributed by atoms with Crippen LogP contribution in [0.3, 0.4) is 0 Å². The molecular weight excluding hydrogens is 196 g/mol. The number of hydrogen-bond donors (Lipinski definition) is 2. The molecule has 94 valence electrons. The van der Waals surface area contributed by atoms with E-state index in [1.807, 2.05) is 0 Å². The Bertz CT molecular complexity index is 219. The monoisotopic (exact) mass is 224 g/mol. The van der Waals surface area contributed by atoms with Crippen molar-refractivity contribution in [2.45, 2.75) is 76.8 Å². The van der Waals surface area contributed by atoms with Crippen LogP contribution in [0.25, 0.3) is 0 Å². The molecular formula is C14H28N2. The van der Waals surface area contributed by atoms with Crippen LogP contribution in [0.2, 0.25) is 0 Å². The fourth-order valence-corrected chi connectivity index (χ4v) is 3.90. The van der Waals surface area contributed by atoms with Crippen molar-refractivity contribution in [2.75, 3.05) is 6.54 Å². The summed E-state index contributed by atoms with van der Waals surface area (Å²) < 4.78 is 0. The first-order chi connectivity index (χ1) is 7.60. The van der Waals surface area contributed by atoms with Gasteiger partial charge in [-0.3, -0.25) is 0 Å². The van der Waals surface area contributed by atoms with Gasteiger partial charge in [0.1, 0.15) is 0 Å². The maximum Gasteiger partial charge on any atom is 0.0306 e. The predicted octanol–water partition coefficient (Wildman–Crippen LogP) is 2.82. The maximum absolute atomic E-state index is 6.01. The third-order valence-electron chi connectivity index (χ3n) is 4.92. The molecule has 2 aliphatic carbocycles. The predicted molar refractivity (Wildman–Crippen MR) is 69.4 cm³/mol. The molecule has 2 nitrogen and oxygen atoms in total. The van der Waals surface area contributed by atoms with Crippen LogP contribution in [0.1, 0.15) is 65.2 Å². The molecule has 2 saturated carbocycles. The van der Waals surface area contributed by atoms with Gasteiger partial charge in [-0.15, -0.1) is 0 Å². The van der Waals surface area contributed by atoms with E-state index >= 15 is 0 Å². The Balaban J connectivity index is 1.95. The van der Waals surface area contributed by atoms with Gasteiger partial charge in [-0.05, 0) is 43.9 Å². The van der Waals surface area contributed by atoms with Crippen LogP contribution < -0.4 is 11.1 Å². The molecule has 0 aromatic rings. The first-order valence-electron chi connectivity index (χ1n) is 7.08.